The van der Waals surface area contributed by atoms with Crippen molar-refractivity contribution in [1.82, 2.24) is 0 Å². The van der Waals surface area contributed by atoms with Crippen molar-refractivity contribution in [3.63, 3.8) is 0 Å². The summed E-state index contributed by atoms with van der Waals surface area (Å²) in [5, 5.41) is 39.4. The Labute approximate surface area is 183 Å². The second-order valence-electron chi connectivity index (χ2n) is 7.80. The monoisotopic (exact) mass is 472 g/mol. The summed E-state index contributed by atoms with van der Waals surface area (Å²) < 4.78 is 46.1. The lowest BCUT2D eigenvalue weighted by atomic mass is 10.00. The number of hydrogen-bond acceptors (Lipinski definition) is 10. The third-order valence-corrected chi connectivity index (χ3v) is 5.67. The van der Waals surface area contributed by atoms with Gasteiger partial charge in [-0.05, 0) is 6.42 Å². The summed E-state index contributed by atoms with van der Waals surface area (Å²) in [6.45, 7) is 1.35. The fraction of sp³-hybridized carbons (Fsp3) is 0.947. The molecule has 0 aromatic rings. The maximum atomic E-state index is 11.7. The van der Waals surface area contributed by atoms with Crippen LogP contribution in [0.2, 0.25) is 0 Å². The minimum atomic E-state index is -4.53. The predicted octanol–water partition coefficient (Wildman–Crippen LogP) is -0.257. The molecule has 0 aromatic heterocycles. The fourth-order valence-electron chi connectivity index (χ4n) is 3.14. The van der Waals surface area contributed by atoms with Crippen LogP contribution in [0.3, 0.4) is 0 Å². The van der Waals surface area contributed by atoms with E-state index in [-0.39, 0.29) is 13.0 Å². The highest BCUT2D eigenvalue weighted by Crippen LogP contribution is 2.23. The van der Waals surface area contributed by atoms with Gasteiger partial charge in [0.25, 0.3) is 10.1 Å². The molecule has 11 nitrogen and oxygen atoms in total. The highest BCUT2D eigenvalue weighted by molar-refractivity contribution is 7.85. The van der Waals surface area contributed by atoms with Crippen LogP contribution in [0.1, 0.15) is 58.3 Å². The Kier molecular flexibility index (Phi) is 13.0. The third kappa shape index (κ3) is 11.5. The Morgan fingerprint density at radius 3 is 2.19 bits per heavy atom. The number of unbranched alkanes of at least 4 members (excludes halogenated alkanes) is 6. The SMILES string of the molecule is CCCCCCCCCC(=O)OCC(O)CO[C@H]1O[C@H](CS(=O)(=O)O)[C@@H](O)[C@H](O)[C@H]1O. The van der Waals surface area contributed by atoms with Gasteiger partial charge in [-0.2, -0.15) is 8.42 Å². The van der Waals surface area contributed by atoms with Gasteiger partial charge in [0.15, 0.2) is 6.29 Å². The number of carbonyl (C=O) groups is 1. The first kappa shape index (κ1) is 28.2. The molecule has 0 radical (unpaired) electrons. The quantitative estimate of drug-likeness (QED) is 0.120. The van der Waals surface area contributed by atoms with Crippen LogP contribution in [0.5, 0.6) is 0 Å². The average Bonchev–Trinajstić information content (AvgIpc) is 2.70. The molecule has 1 aliphatic heterocycles. The first-order valence-electron chi connectivity index (χ1n) is 10.6. The summed E-state index contributed by atoms with van der Waals surface area (Å²) in [4.78, 5) is 11.7. The number of ether oxygens (including phenoxy) is 3. The van der Waals surface area contributed by atoms with Gasteiger partial charge in [-0.1, -0.05) is 45.4 Å². The zero-order valence-corrected chi connectivity index (χ0v) is 18.7. The van der Waals surface area contributed by atoms with Crippen LogP contribution >= 0.6 is 0 Å². The number of aliphatic hydroxyl groups excluding tert-OH is 4. The van der Waals surface area contributed by atoms with Gasteiger partial charge in [0.05, 0.1) is 6.61 Å². The maximum absolute atomic E-state index is 11.7. The molecule has 0 aliphatic carbocycles. The van der Waals surface area contributed by atoms with Gasteiger partial charge >= 0.3 is 5.97 Å². The van der Waals surface area contributed by atoms with E-state index in [0.29, 0.717) is 6.42 Å². The minimum absolute atomic E-state index is 0.243. The molecule has 1 unspecified atom stereocenters. The van der Waals surface area contributed by atoms with Crippen molar-refractivity contribution in [2.45, 2.75) is 95.1 Å². The van der Waals surface area contributed by atoms with E-state index in [2.05, 4.69) is 6.92 Å². The Bertz CT molecular complexity index is 612. The van der Waals surface area contributed by atoms with Crippen molar-refractivity contribution in [3.05, 3.63) is 0 Å². The number of rotatable bonds is 15. The van der Waals surface area contributed by atoms with Crippen LogP contribution < -0.4 is 0 Å². The molecule has 1 heterocycles. The Morgan fingerprint density at radius 2 is 1.58 bits per heavy atom. The summed E-state index contributed by atoms with van der Waals surface area (Å²) in [6.07, 6.45) is -1.98. The summed E-state index contributed by atoms with van der Waals surface area (Å²) in [6, 6.07) is 0. The second-order valence-corrected chi connectivity index (χ2v) is 9.30. The maximum Gasteiger partial charge on any atom is 0.305 e. The average molecular weight is 473 g/mol. The van der Waals surface area contributed by atoms with Crippen LogP contribution in [0.25, 0.3) is 0 Å². The lowest BCUT2D eigenvalue weighted by Gasteiger charge is -2.40. The second kappa shape index (κ2) is 14.3. The zero-order valence-electron chi connectivity index (χ0n) is 17.8. The van der Waals surface area contributed by atoms with Gasteiger partial charge in [-0.25, -0.2) is 0 Å². The van der Waals surface area contributed by atoms with E-state index in [9.17, 15) is 33.6 Å². The number of esters is 1. The summed E-state index contributed by atoms with van der Waals surface area (Å²) in [5.74, 6) is -1.47. The fourth-order valence-corrected chi connectivity index (χ4v) is 3.83. The molecule has 1 saturated heterocycles. The van der Waals surface area contributed by atoms with E-state index < -0.39 is 65.3 Å². The molecular weight excluding hydrogens is 436 g/mol. The largest absolute Gasteiger partial charge is 0.463 e. The summed E-state index contributed by atoms with van der Waals surface area (Å²) in [7, 11) is -4.53. The molecule has 0 amide bonds. The zero-order chi connectivity index (χ0) is 23.4. The van der Waals surface area contributed by atoms with Crippen molar-refractivity contribution >= 4 is 16.1 Å². The van der Waals surface area contributed by atoms with Gasteiger partial charge in [0.1, 0.15) is 42.9 Å². The Morgan fingerprint density at radius 1 is 0.968 bits per heavy atom. The molecular formula is C19H36O11S. The third-order valence-electron chi connectivity index (χ3n) is 4.92. The Hall–Kier alpha value is -0.860. The molecule has 12 heteroatoms. The van der Waals surface area contributed by atoms with Gasteiger partial charge < -0.3 is 34.6 Å². The smallest absolute Gasteiger partial charge is 0.305 e. The molecule has 1 fully saturated rings. The lowest BCUT2D eigenvalue weighted by molar-refractivity contribution is -0.296. The first-order chi connectivity index (χ1) is 14.5. The molecule has 0 spiro atoms. The molecule has 1 aliphatic rings. The lowest BCUT2D eigenvalue weighted by Crippen LogP contribution is -2.60. The van der Waals surface area contributed by atoms with E-state index in [1.807, 2.05) is 0 Å². The highest BCUT2D eigenvalue weighted by Gasteiger charge is 2.45. The van der Waals surface area contributed by atoms with E-state index in [4.69, 9.17) is 18.8 Å². The van der Waals surface area contributed by atoms with Gasteiger partial charge in [0.2, 0.25) is 0 Å². The van der Waals surface area contributed by atoms with Crippen LogP contribution in [0, 0.1) is 0 Å². The molecule has 1 rings (SSSR count). The highest BCUT2D eigenvalue weighted by atomic mass is 32.2. The van der Waals surface area contributed by atoms with Crippen molar-refractivity contribution in [3.8, 4) is 0 Å². The molecule has 6 atom stereocenters. The van der Waals surface area contributed by atoms with Gasteiger partial charge in [-0.3, -0.25) is 9.35 Å². The molecule has 0 saturated carbocycles. The topological polar surface area (TPSA) is 180 Å². The summed E-state index contributed by atoms with van der Waals surface area (Å²) >= 11 is 0. The molecule has 5 N–H and O–H groups in total. The van der Waals surface area contributed by atoms with E-state index in [1.54, 1.807) is 0 Å². The van der Waals surface area contributed by atoms with E-state index in [0.717, 1.165) is 19.3 Å². The number of aliphatic hydroxyl groups is 4. The van der Waals surface area contributed by atoms with Crippen LogP contribution in [-0.4, -0.2) is 95.1 Å². The van der Waals surface area contributed by atoms with E-state index >= 15 is 0 Å². The summed E-state index contributed by atoms with van der Waals surface area (Å²) in [5.41, 5.74) is 0. The number of carbonyl (C=O) groups excluding carboxylic acids is 1. The van der Waals surface area contributed by atoms with Crippen molar-refractivity contribution < 1.29 is 52.4 Å². The normalized spacial score (nSPS) is 27.7. The van der Waals surface area contributed by atoms with Crippen LogP contribution in [0.4, 0.5) is 0 Å². The van der Waals surface area contributed by atoms with Crippen LogP contribution in [0.15, 0.2) is 0 Å². The standard InChI is InChI=1S/C19H36O11S/c1-2-3-4-5-6-7-8-9-15(21)28-10-13(20)11-29-19-18(24)17(23)16(22)14(30-19)12-31(25,26)27/h13-14,16-20,22-24H,2-12H2,1H3,(H,25,26,27)/t13?,14-,16-,17+,18-,19+/m1/s1. The minimum Gasteiger partial charge on any atom is -0.463 e. The molecule has 184 valence electrons. The molecule has 0 aromatic carbocycles. The van der Waals surface area contributed by atoms with Crippen LogP contribution in [-0.2, 0) is 29.1 Å². The Balaban J connectivity index is 2.29. The van der Waals surface area contributed by atoms with Gasteiger partial charge in [0, 0.05) is 6.42 Å². The number of hydrogen-bond donors (Lipinski definition) is 5. The molecule has 31 heavy (non-hydrogen) atoms. The van der Waals surface area contributed by atoms with Crippen molar-refractivity contribution in [2.75, 3.05) is 19.0 Å². The van der Waals surface area contributed by atoms with Crippen molar-refractivity contribution in [1.29, 1.82) is 0 Å². The van der Waals surface area contributed by atoms with Gasteiger partial charge in [-0.15, -0.1) is 0 Å². The molecule has 0 bridgehead atoms. The first-order valence-corrected chi connectivity index (χ1v) is 12.3. The predicted molar refractivity (Wildman–Crippen MR) is 109 cm³/mol. The van der Waals surface area contributed by atoms with E-state index in [1.165, 1.54) is 19.3 Å². The van der Waals surface area contributed by atoms with Crippen molar-refractivity contribution in [2.24, 2.45) is 0 Å².